The molecule has 4 aliphatic carbocycles. The van der Waals surface area contributed by atoms with Gasteiger partial charge in [-0.25, -0.2) is 0 Å². The maximum atomic E-state index is 13.1. The third kappa shape index (κ3) is 8.17. The topological polar surface area (TPSA) is 49.7 Å². The van der Waals surface area contributed by atoms with Crippen molar-refractivity contribution in [2.75, 3.05) is 11.5 Å². The number of hydrogen-bond acceptors (Lipinski definition) is 4. The molecule has 1 aromatic carbocycles. The van der Waals surface area contributed by atoms with Crippen LogP contribution in [0.1, 0.15) is 154 Å². The van der Waals surface area contributed by atoms with Gasteiger partial charge in [0, 0.05) is 11.8 Å². The first-order valence-corrected chi connectivity index (χ1v) is 24.5. The Labute approximate surface area is 316 Å². The molecule has 3 fully saturated rings. The Balaban J connectivity index is 1.16. The summed E-state index contributed by atoms with van der Waals surface area (Å²) < 4.78 is 70.5. The summed E-state index contributed by atoms with van der Waals surface area (Å²) in [6.45, 7) is 16.9. The molecule has 0 saturated heterocycles. The number of benzene rings is 1. The minimum absolute atomic E-state index is 0.132. The summed E-state index contributed by atoms with van der Waals surface area (Å²) in [4.78, 5) is 0. The molecule has 298 valence electrons. The fraction of sp³-hybridized carbons (Fsp3) is 0.857. The quantitative estimate of drug-likeness (QED) is 0.0886. The van der Waals surface area contributed by atoms with Gasteiger partial charge in [-0.2, -0.15) is 33.7 Å². The first-order chi connectivity index (χ1) is 24.2. The molecule has 5 rings (SSSR count). The van der Waals surface area contributed by atoms with Gasteiger partial charge in [0.25, 0.3) is 0 Å². The molecule has 4 unspecified atom stereocenters. The van der Waals surface area contributed by atoms with Crippen molar-refractivity contribution in [2.45, 2.75) is 179 Å². The second-order valence-corrected chi connectivity index (χ2v) is 24.5. The normalized spacial score (nSPS) is 30.0. The van der Waals surface area contributed by atoms with Crippen LogP contribution >= 0.6 is 11.8 Å². The lowest BCUT2D eigenvalue weighted by molar-refractivity contribution is -0.284. The van der Waals surface area contributed by atoms with Crippen LogP contribution in [-0.4, -0.2) is 48.2 Å². The highest BCUT2D eigenvalue weighted by Crippen LogP contribution is 2.78. The average molecular weight is 775 g/mol. The largest absolute Gasteiger partial charge is 0.508 e. The number of phenolic OH excluding ortho intramolecular Hbond substituents is 1. The Morgan fingerprint density at radius 1 is 0.904 bits per heavy atom. The van der Waals surface area contributed by atoms with Crippen LogP contribution in [0.4, 0.5) is 22.0 Å². The number of hydrogen-bond donors (Lipinski definition) is 2. The van der Waals surface area contributed by atoms with Crippen LogP contribution in [0.5, 0.6) is 5.75 Å². The van der Waals surface area contributed by atoms with Crippen LogP contribution in [0.3, 0.4) is 0 Å². The van der Waals surface area contributed by atoms with E-state index < -0.39 is 32.9 Å². The number of aliphatic hydroxyl groups excluding tert-OH is 1. The molecule has 0 aromatic heterocycles. The summed E-state index contributed by atoms with van der Waals surface area (Å²) in [7, 11) is -2.04. The van der Waals surface area contributed by atoms with E-state index in [0.717, 1.165) is 75.5 Å². The number of halogens is 5. The van der Waals surface area contributed by atoms with E-state index >= 15 is 0 Å². The van der Waals surface area contributed by atoms with Gasteiger partial charge >= 0.3 is 12.1 Å². The van der Waals surface area contributed by atoms with Crippen molar-refractivity contribution in [2.24, 2.45) is 34.5 Å². The van der Waals surface area contributed by atoms with Crippen LogP contribution in [-0.2, 0) is 4.43 Å². The molecule has 3 nitrogen and oxygen atoms in total. The van der Waals surface area contributed by atoms with Gasteiger partial charge in [0.05, 0.1) is 12.2 Å². The molecule has 0 amide bonds. The van der Waals surface area contributed by atoms with Gasteiger partial charge < -0.3 is 14.6 Å². The number of fused-ring (bicyclic) bond motifs is 6. The van der Waals surface area contributed by atoms with Gasteiger partial charge in [-0.3, -0.25) is 0 Å². The maximum Gasteiger partial charge on any atom is 0.453 e. The van der Waals surface area contributed by atoms with E-state index in [4.69, 9.17) is 4.43 Å². The molecule has 10 heteroatoms. The molecular formula is C42H67F5O3SSi. The molecular weight excluding hydrogens is 708 g/mol. The zero-order valence-corrected chi connectivity index (χ0v) is 34.7. The first-order valence-electron chi connectivity index (χ1n) is 20.4. The summed E-state index contributed by atoms with van der Waals surface area (Å²) in [6, 6.07) is 5.71. The lowest BCUT2D eigenvalue weighted by atomic mass is 9.50. The number of thioether (sulfide) groups is 1. The lowest BCUT2D eigenvalue weighted by Crippen LogP contribution is -2.50. The second kappa shape index (κ2) is 16.0. The smallest absolute Gasteiger partial charge is 0.453 e. The number of unbranched alkanes of at least 4 members (excludes halogenated alkanes) is 6. The molecule has 0 aliphatic heterocycles. The van der Waals surface area contributed by atoms with Gasteiger partial charge in [-0.15, -0.1) is 0 Å². The number of alkyl halides is 5. The van der Waals surface area contributed by atoms with Crippen molar-refractivity contribution >= 4 is 20.1 Å². The lowest BCUT2D eigenvalue weighted by Gasteiger charge is -2.55. The predicted molar refractivity (Wildman–Crippen MR) is 206 cm³/mol. The molecule has 1 spiro atoms. The summed E-state index contributed by atoms with van der Waals surface area (Å²) in [5.41, 5.74) is 2.64. The summed E-state index contributed by atoms with van der Waals surface area (Å²) in [5.74, 6) is -1.24. The summed E-state index contributed by atoms with van der Waals surface area (Å²) in [6.07, 6.45) is 7.39. The Kier molecular flexibility index (Phi) is 13.0. The standard InChI is InChI=1S/C42H67F5O3SSi/c1-28(2)38(3,4)52(6,7)50-35-27-34-36-31(19-21-39(34,5)40(35)22-23-40)30-18-17-29(48)26-33(30)37(49)32(36)16-13-11-9-8-10-12-14-24-51-25-15-20-41(43,44)42(45,46)47/h17-18,26,28,31-32,34-37,48-49H,8-16,19-25,27H2,1-7H3/t31?,32?,34?,35-,36?,37+,39+/m1/s1. The third-order valence-corrected chi connectivity index (χ3v) is 21.1. The van der Waals surface area contributed by atoms with Gasteiger partial charge in [0.2, 0.25) is 0 Å². The van der Waals surface area contributed by atoms with Gasteiger partial charge in [-0.1, -0.05) is 79.2 Å². The molecule has 0 radical (unpaired) electrons. The van der Waals surface area contributed by atoms with Crippen molar-refractivity contribution in [3.63, 3.8) is 0 Å². The number of phenols is 1. The highest BCUT2D eigenvalue weighted by molar-refractivity contribution is 7.99. The maximum absolute atomic E-state index is 13.1. The fourth-order valence-corrected chi connectivity index (χ4v) is 14.5. The molecule has 2 N–H and O–H groups in total. The first kappa shape index (κ1) is 42.3. The highest BCUT2D eigenvalue weighted by Gasteiger charge is 2.73. The van der Waals surface area contributed by atoms with Crippen molar-refractivity contribution < 1.29 is 36.6 Å². The summed E-state index contributed by atoms with van der Waals surface area (Å²) in [5, 5.41) is 22.7. The van der Waals surface area contributed by atoms with E-state index in [-0.39, 0.29) is 40.1 Å². The predicted octanol–water partition coefficient (Wildman–Crippen LogP) is 13.2. The van der Waals surface area contributed by atoms with E-state index in [2.05, 4.69) is 53.8 Å². The molecule has 0 bridgehead atoms. The monoisotopic (exact) mass is 774 g/mol. The second-order valence-electron chi connectivity index (χ2n) is 18.7. The molecule has 7 atom stereocenters. The van der Waals surface area contributed by atoms with E-state index in [9.17, 15) is 32.2 Å². The Bertz CT molecular complexity index is 1350. The van der Waals surface area contributed by atoms with Gasteiger partial charge in [-0.05, 0) is 139 Å². The van der Waals surface area contributed by atoms with Crippen LogP contribution in [0.25, 0.3) is 0 Å². The van der Waals surface area contributed by atoms with E-state index in [1.54, 1.807) is 6.07 Å². The number of rotatable bonds is 18. The minimum Gasteiger partial charge on any atom is -0.508 e. The van der Waals surface area contributed by atoms with Crippen molar-refractivity contribution in [1.29, 1.82) is 0 Å². The van der Waals surface area contributed by atoms with Crippen LogP contribution < -0.4 is 0 Å². The Hall–Kier alpha value is -0.843. The van der Waals surface area contributed by atoms with E-state index in [1.165, 1.54) is 36.6 Å². The number of aromatic hydroxyl groups is 1. The molecule has 1 aromatic rings. The van der Waals surface area contributed by atoms with Crippen molar-refractivity contribution in [3.05, 3.63) is 29.3 Å². The Morgan fingerprint density at radius 2 is 1.52 bits per heavy atom. The van der Waals surface area contributed by atoms with Crippen molar-refractivity contribution in [3.8, 4) is 5.75 Å². The highest BCUT2D eigenvalue weighted by atomic mass is 32.2. The molecule has 3 saturated carbocycles. The van der Waals surface area contributed by atoms with E-state index in [0.29, 0.717) is 29.4 Å². The zero-order chi connectivity index (χ0) is 38.3. The van der Waals surface area contributed by atoms with Crippen LogP contribution in [0, 0.1) is 34.5 Å². The third-order valence-electron chi connectivity index (χ3n) is 15.4. The minimum atomic E-state index is -5.46. The molecule has 0 heterocycles. The molecule has 52 heavy (non-hydrogen) atoms. The van der Waals surface area contributed by atoms with Gasteiger partial charge in [0.15, 0.2) is 8.32 Å². The molecule has 4 aliphatic rings. The van der Waals surface area contributed by atoms with Crippen molar-refractivity contribution in [1.82, 2.24) is 0 Å². The summed E-state index contributed by atoms with van der Waals surface area (Å²) >= 11 is 1.47. The zero-order valence-electron chi connectivity index (χ0n) is 32.9. The Morgan fingerprint density at radius 3 is 2.13 bits per heavy atom. The van der Waals surface area contributed by atoms with Crippen LogP contribution in [0.15, 0.2) is 18.2 Å². The van der Waals surface area contributed by atoms with Gasteiger partial charge in [0.1, 0.15) is 5.75 Å². The fourth-order valence-electron chi connectivity index (χ4n) is 10.8. The van der Waals surface area contributed by atoms with E-state index in [1.807, 2.05) is 6.07 Å². The van der Waals surface area contributed by atoms with Crippen LogP contribution in [0.2, 0.25) is 18.1 Å². The average Bonchev–Trinajstić information content (AvgIpc) is 3.83. The SMILES string of the molecule is CC(C)C(C)(C)[Si](C)(C)O[C@@H]1CC2C3C(CC[C@]2(C)C12CC2)c1ccc(O)cc1[C@@H](O)C3CCCCCCCCCSCCCC(F)(F)C(F)(F)F. The number of aliphatic hydroxyl groups is 1.